The molecule has 190 valence electrons. The van der Waals surface area contributed by atoms with Gasteiger partial charge in [-0.1, -0.05) is 48.8 Å². The first-order chi connectivity index (χ1) is 17.4. The van der Waals surface area contributed by atoms with E-state index >= 15 is 0 Å². The lowest BCUT2D eigenvalue weighted by atomic mass is 10.0. The van der Waals surface area contributed by atoms with Gasteiger partial charge in [-0.3, -0.25) is 9.69 Å². The van der Waals surface area contributed by atoms with Crippen molar-refractivity contribution in [2.45, 2.75) is 39.5 Å². The predicted octanol–water partition coefficient (Wildman–Crippen LogP) is 6.32. The minimum atomic E-state index is 0.300. The SMILES string of the molecule is CC(C)CCN=[N+]=[N-].O=C1Cc2cc(Cl)c(CCN3CCN(c4nsc5ccccc45)CC3)cc2C1. The van der Waals surface area contributed by atoms with Gasteiger partial charge in [0.15, 0.2) is 0 Å². The van der Waals surface area contributed by atoms with Crippen LogP contribution in [0.3, 0.4) is 0 Å². The van der Waals surface area contributed by atoms with Crippen LogP contribution in [0.5, 0.6) is 0 Å². The second kappa shape index (κ2) is 12.5. The monoisotopic (exact) mass is 524 g/mol. The van der Waals surface area contributed by atoms with Gasteiger partial charge in [-0.15, -0.1) is 0 Å². The smallest absolute Gasteiger partial charge is 0.150 e. The van der Waals surface area contributed by atoms with Crippen molar-refractivity contribution in [2.24, 2.45) is 11.0 Å². The molecular weight excluding hydrogens is 492 g/mol. The molecule has 0 radical (unpaired) electrons. The first-order valence-electron chi connectivity index (χ1n) is 12.6. The molecule has 0 amide bonds. The minimum absolute atomic E-state index is 0.300. The molecule has 0 N–H and O–H groups in total. The van der Waals surface area contributed by atoms with Crippen molar-refractivity contribution >= 4 is 44.8 Å². The van der Waals surface area contributed by atoms with Crippen LogP contribution in [-0.4, -0.2) is 54.3 Å². The van der Waals surface area contributed by atoms with Gasteiger partial charge in [-0.05, 0) is 70.7 Å². The fourth-order valence-electron chi connectivity index (χ4n) is 4.64. The highest BCUT2D eigenvalue weighted by atomic mass is 35.5. The van der Waals surface area contributed by atoms with E-state index in [4.69, 9.17) is 21.5 Å². The second-order valence-corrected chi connectivity index (χ2v) is 11.0. The average molecular weight is 525 g/mol. The van der Waals surface area contributed by atoms with Crippen LogP contribution in [-0.2, 0) is 24.1 Å². The highest BCUT2D eigenvalue weighted by Gasteiger charge is 2.22. The number of carbonyl (C=O) groups excluding carboxylic acids is 1. The van der Waals surface area contributed by atoms with E-state index in [1.165, 1.54) is 21.2 Å². The Balaban J connectivity index is 0.000000331. The number of anilines is 1. The summed E-state index contributed by atoms with van der Waals surface area (Å²) < 4.78 is 5.95. The number of halogens is 1. The van der Waals surface area contributed by atoms with Gasteiger partial charge >= 0.3 is 0 Å². The molecule has 0 atom stereocenters. The number of carbonyl (C=O) groups is 1. The van der Waals surface area contributed by atoms with Gasteiger partial charge in [0.05, 0.1) is 4.70 Å². The van der Waals surface area contributed by atoms with Crippen molar-refractivity contribution in [3.63, 3.8) is 0 Å². The quantitative estimate of drug-likeness (QED) is 0.205. The van der Waals surface area contributed by atoms with Gasteiger partial charge in [0.1, 0.15) is 11.6 Å². The Kier molecular flexibility index (Phi) is 9.21. The molecule has 2 aliphatic rings. The third-order valence-corrected chi connectivity index (χ3v) is 7.91. The van der Waals surface area contributed by atoms with E-state index in [1.54, 1.807) is 11.5 Å². The number of Topliss-reactive ketones (excluding diaryl/α,β-unsaturated/α-hetero) is 1. The van der Waals surface area contributed by atoms with E-state index in [2.05, 4.69) is 64.0 Å². The number of ketones is 1. The number of hydrogen-bond acceptors (Lipinski definition) is 6. The van der Waals surface area contributed by atoms with Crippen LogP contribution in [0.15, 0.2) is 41.5 Å². The fourth-order valence-corrected chi connectivity index (χ4v) is 5.72. The standard InChI is InChI=1S/C22H22ClN3OS.C5H11N3/c23-20-14-17-13-18(27)12-16(17)11-15(20)5-6-25-7-9-26(10-8-25)22-19-3-1-2-4-21(19)28-24-22;1-5(2)3-4-7-8-6/h1-4,11,14H,5-10,12-13H2;5H,3-4H2,1-2H3. The van der Waals surface area contributed by atoms with E-state index < -0.39 is 0 Å². The Labute approximate surface area is 221 Å². The first-order valence-corrected chi connectivity index (χ1v) is 13.7. The van der Waals surface area contributed by atoms with E-state index in [0.717, 1.165) is 62.0 Å². The number of rotatable bonds is 7. The van der Waals surface area contributed by atoms with Crippen molar-refractivity contribution in [1.29, 1.82) is 0 Å². The van der Waals surface area contributed by atoms with E-state index in [9.17, 15) is 4.79 Å². The number of aromatic nitrogens is 1. The Morgan fingerprint density at radius 2 is 1.86 bits per heavy atom. The third-order valence-electron chi connectivity index (χ3n) is 6.74. The van der Waals surface area contributed by atoms with Crippen LogP contribution in [0.4, 0.5) is 5.82 Å². The van der Waals surface area contributed by atoms with Gasteiger partial charge in [-0.2, -0.15) is 4.37 Å². The van der Waals surface area contributed by atoms with Crippen LogP contribution in [0.25, 0.3) is 20.5 Å². The summed E-state index contributed by atoms with van der Waals surface area (Å²) in [6, 6.07) is 12.6. The summed E-state index contributed by atoms with van der Waals surface area (Å²) in [5, 5.41) is 5.46. The molecule has 36 heavy (non-hydrogen) atoms. The molecular formula is C27H33ClN6OS. The largest absolute Gasteiger partial charge is 0.353 e. The second-order valence-electron chi connectivity index (χ2n) is 9.82. The molecule has 1 fully saturated rings. The number of hydrogen-bond donors (Lipinski definition) is 0. The average Bonchev–Trinajstić information content (AvgIpc) is 3.45. The highest BCUT2D eigenvalue weighted by Crippen LogP contribution is 2.30. The van der Waals surface area contributed by atoms with Crippen LogP contribution in [0.2, 0.25) is 5.02 Å². The maximum absolute atomic E-state index is 11.7. The number of nitrogens with zero attached hydrogens (tertiary/aromatic N) is 6. The van der Waals surface area contributed by atoms with Gasteiger partial charge in [0.2, 0.25) is 0 Å². The molecule has 1 saturated heterocycles. The van der Waals surface area contributed by atoms with Gasteiger partial charge in [0.25, 0.3) is 0 Å². The highest BCUT2D eigenvalue weighted by molar-refractivity contribution is 7.13. The number of fused-ring (bicyclic) bond motifs is 2. The van der Waals surface area contributed by atoms with E-state index in [1.807, 2.05) is 6.07 Å². The first kappa shape index (κ1) is 26.4. The molecule has 5 rings (SSSR count). The van der Waals surface area contributed by atoms with Crippen molar-refractivity contribution in [3.05, 3.63) is 68.6 Å². The van der Waals surface area contributed by atoms with Crippen molar-refractivity contribution in [1.82, 2.24) is 9.27 Å². The maximum Gasteiger partial charge on any atom is 0.150 e. The van der Waals surface area contributed by atoms with Crippen LogP contribution >= 0.6 is 23.1 Å². The number of piperazine rings is 1. The maximum atomic E-state index is 11.7. The van der Waals surface area contributed by atoms with E-state index in [0.29, 0.717) is 31.1 Å². The normalized spacial score (nSPS) is 15.6. The fraction of sp³-hybridized carbons (Fsp3) is 0.481. The summed E-state index contributed by atoms with van der Waals surface area (Å²) in [4.78, 5) is 19.2. The van der Waals surface area contributed by atoms with Crippen molar-refractivity contribution in [2.75, 3.05) is 44.2 Å². The Morgan fingerprint density at radius 3 is 2.58 bits per heavy atom. The third kappa shape index (κ3) is 6.77. The molecule has 1 aliphatic carbocycles. The molecule has 7 nitrogen and oxygen atoms in total. The molecule has 3 aromatic rings. The molecule has 0 spiro atoms. The van der Waals surface area contributed by atoms with Crippen molar-refractivity contribution in [3.8, 4) is 0 Å². The predicted molar refractivity (Wildman–Crippen MR) is 149 cm³/mol. The van der Waals surface area contributed by atoms with Crippen LogP contribution < -0.4 is 4.90 Å². The Bertz CT molecular complexity index is 1240. The van der Waals surface area contributed by atoms with Gasteiger partial charge in [-0.25, -0.2) is 0 Å². The lowest BCUT2D eigenvalue weighted by Gasteiger charge is -2.35. The molecule has 0 bridgehead atoms. The lowest BCUT2D eigenvalue weighted by molar-refractivity contribution is -0.117. The summed E-state index contributed by atoms with van der Waals surface area (Å²) in [6.45, 7) is 9.91. The van der Waals surface area contributed by atoms with Gasteiger partial charge in [0, 0.05) is 67.4 Å². The molecule has 1 aliphatic heterocycles. The van der Waals surface area contributed by atoms with E-state index in [-0.39, 0.29) is 0 Å². The summed E-state index contributed by atoms with van der Waals surface area (Å²) in [7, 11) is 0. The summed E-state index contributed by atoms with van der Waals surface area (Å²) in [5.74, 6) is 2.07. The minimum Gasteiger partial charge on any atom is -0.353 e. The number of benzene rings is 2. The molecule has 0 saturated carbocycles. The molecule has 9 heteroatoms. The molecule has 2 aromatic carbocycles. The zero-order valence-electron chi connectivity index (χ0n) is 21.0. The van der Waals surface area contributed by atoms with Crippen molar-refractivity contribution < 1.29 is 4.79 Å². The Hall–Kier alpha value is -2.64. The molecule has 0 unspecified atom stereocenters. The van der Waals surface area contributed by atoms with Crippen LogP contribution in [0, 0.1) is 5.92 Å². The van der Waals surface area contributed by atoms with Gasteiger partial charge < -0.3 is 4.90 Å². The topological polar surface area (TPSA) is 85.2 Å². The number of azide groups is 1. The summed E-state index contributed by atoms with van der Waals surface area (Å²) in [5.41, 5.74) is 11.3. The molecule has 2 heterocycles. The summed E-state index contributed by atoms with van der Waals surface area (Å²) in [6.07, 6.45) is 3.03. The molecule has 1 aromatic heterocycles. The van der Waals surface area contributed by atoms with Crippen LogP contribution in [0.1, 0.15) is 37.0 Å². The zero-order valence-corrected chi connectivity index (χ0v) is 22.6. The summed E-state index contributed by atoms with van der Waals surface area (Å²) >= 11 is 8.06. The zero-order chi connectivity index (χ0) is 25.5. The lowest BCUT2D eigenvalue weighted by Crippen LogP contribution is -2.47. The Morgan fingerprint density at radius 1 is 1.14 bits per heavy atom.